The van der Waals surface area contributed by atoms with E-state index in [0.29, 0.717) is 17.7 Å². The van der Waals surface area contributed by atoms with Gasteiger partial charge in [-0.25, -0.2) is 4.79 Å². The van der Waals surface area contributed by atoms with Crippen molar-refractivity contribution in [2.75, 3.05) is 25.1 Å². The van der Waals surface area contributed by atoms with Crippen LogP contribution in [0, 0.1) is 0 Å². The smallest absolute Gasteiger partial charge is 0.358 e. The zero-order valence-electron chi connectivity index (χ0n) is 11.8. The predicted octanol–water partition coefficient (Wildman–Crippen LogP) is 1.94. The van der Waals surface area contributed by atoms with Crippen LogP contribution in [0.25, 0.3) is 10.9 Å². The first-order valence-electron chi connectivity index (χ1n) is 6.97. The summed E-state index contributed by atoms with van der Waals surface area (Å²) < 4.78 is 5.43. The van der Waals surface area contributed by atoms with E-state index in [-0.39, 0.29) is 11.8 Å². The Bertz CT molecular complexity index is 674. The second-order valence-corrected chi connectivity index (χ2v) is 5.17. The fourth-order valence-electron chi connectivity index (χ4n) is 2.84. The standard InChI is InChI=1S/C15H17N3O3/c1-21-10-5-4-8-18(9-10)14-11-6-2-3-7-12(11)16-17-13(14)15(19)20/h2-3,6-7,10H,4-5,8-9H2,1H3,(H,19,20). The quantitative estimate of drug-likeness (QED) is 0.929. The highest BCUT2D eigenvalue weighted by molar-refractivity contribution is 6.02. The molecule has 0 spiro atoms. The maximum atomic E-state index is 11.5. The van der Waals surface area contributed by atoms with Crippen molar-refractivity contribution in [1.82, 2.24) is 10.2 Å². The zero-order chi connectivity index (χ0) is 14.8. The molecule has 110 valence electrons. The molecule has 1 atom stereocenters. The molecule has 1 aliphatic heterocycles. The molecule has 1 fully saturated rings. The van der Waals surface area contributed by atoms with Crippen molar-refractivity contribution in [3.05, 3.63) is 30.0 Å². The number of aromatic carboxylic acids is 1. The number of anilines is 1. The fraction of sp³-hybridized carbons (Fsp3) is 0.400. The maximum absolute atomic E-state index is 11.5. The van der Waals surface area contributed by atoms with Gasteiger partial charge >= 0.3 is 5.97 Å². The number of fused-ring (bicyclic) bond motifs is 1. The highest BCUT2D eigenvalue weighted by atomic mass is 16.5. The van der Waals surface area contributed by atoms with Crippen molar-refractivity contribution in [2.45, 2.75) is 18.9 Å². The van der Waals surface area contributed by atoms with Gasteiger partial charge < -0.3 is 14.7 Å². The topological polar surface area (TPSA) is 75.5 Å². The summed E-state index contributed by atoms with van der Waals surface area (Å²) >= 11 is 0. The summed E-state index contributed by atoms with van der Waals surface area (Å²) in [6.07, 6.45) is 2.08. The lowest BCUT2D eigenvalue weighted by atomic mass is 10.0. The molecule has 3 rings (SSSR count). The van der Waals surface area contributed by atoms with Crippen LogP contribution in [-0.4, -0.2) is 47.6 Å². The van der Waals surface area contributed by atoms with E-state index in [4.69, 9.17) is 4.74 Å². The molecule has 0 aliphatic carbocycles. The third-order valence-corrected chi connectivity index (χ3v) is 3.87. The molecule has 1 aromatic heterocycles. The van der Waals surface area contributed by atoms with Crippen LogP contribution in [0.5, 0.6) is 0 Å². The average Bonchev–Trinajstić information content (AvgIpc) is 2.53. The van der Waals surface area contributed by atoms with Crippen LogP contribution < -0.4 is 4.90 Å². The van der Waals surface area contributed by atoms with Gasteiger partial charge in [0.2, 0.25) is 0 Å². The first-order chi connectivity index (χ1) is 10.2. The number of methoxy groups -OCH3 is 1. The summed E-state index contributed by atoms with van der Waals surface area (Å²) in [5.41, 5.74) is 1.36. The molecule has 2 aromatic rings. The SMILES string of the molecule is COC1CCCN(c2c(C(=O)O)nnc3ccccc23)C1. The van der Waals surface area contributed by atoms with Gasteiger partial charge in [0, 0.05) is 25.6 Å². The number of ether oxygens (including phenoxy) is 1. The highest BCUT2D eigenvalue weighted by Crippen LogP contribution is 2.30. The highest BCUT2D eigenvalue weighted by Gasteiger charge is 2.26. The van der Waals surface area contributed by atoms with Crippen LogP contribution in [0.4, 0.5) is 5.69 Å². The Balaban J connectivity index is 2.14. The van der Waals surface area contributed by atoms with Gasteiger partial charge in [0.05, 0.1) is 17.3 Å². The normalized spacial score (nSPS) is 18.9. The number of nitrogens with zero attached hydrogens (tertiary/aromatic N) is 3. The van der Waals surface area contributed by atoms with Crippen LogP contribution in [0.1, 0.15) is 23.3 Å². The summed E-state index contributed by atoms with van der Waals surface area (Å²) in [5.74, 6) is -1.05. The molecule has 1 N–H and O–H groups in total. The van der Waals surface area contributed by atoms with E-state index in [1.165, 1.54) is 0 Å². The Morgan fingerprint density at radius 1 is 1.38 bits per heavy atom. The number of carbonyl (C=O) groups is 1. The van der Waals surface area contributed by atoms with Crippen molar-refractivity contribution < 1.29 is 14.6 Å². The van der Waals surface area contributed by atoms with E-state index >= 15 is 0 Å². The lowest BCUT2D eigenvalue weighted by Gasteiger charge is -2.34. The zero-order valence-corrected chi connectivity index (χ0v) is 11.8. The Hall–Kier alpha value is -2.21. The van der Waals surface area contributed by atoms with Crippen molar-refractivity contribution in [3.63, 3.8) is 0 Å². The predicted molar refractivity (Wildman–Crippen MR) is 78.7 cm³/mol. The van der Waals surface area contributed by atoms with E-state index in [1.807, 2.05) is 24.3 Å². The molecule has 1 unspecified atom stereocenters. The number of carboxylic acid groups (broad SMARTS) is 1. The molecule has 0 bridgehead atoms. The molecule has 21 heavy (non-hydrogen) atoms. The Kier molecular flexibility index (Phi) is 3.70. The van der Waals surface area contributed by atoms with E-state index in [9.17, 15) is 9.90 Å². The minimum Gasteiger partial charge on any atom is -0.476 e. The fourth-order valence-corrected chi connectivity index (χ4v) is 2.84. The van der Waals surface area contributed by atoms with Crippen molar-refractivity contribution in [2.24, 2.45) is 0 Å². The second kappa shape index (κ2) is 5.65. The lowest BCUT2D eigenvalue weighted by Crippen LogP contribution is -2.40. The minimum absolute atomic E-state index is 0.00505. The van der Waals surface area contributed by atoms with Gasteiger partial charge in [-0.2, -0.15) is 0 Å². The minimum atomic E-state index is -1.05. The number of benzene rings is 1. The van der Waals surface area contributed by atoms with E-state index in [0.717, 1.165) is 24.8 Å². The monoisotopic (exact) mass is 287 g/mol. The number of aromatic nitrogens is 2. The maximum Gasteiger partial charge on any atom is 0.358 e. The van der Waals surface area contributed by atoms with E-state index < -0.39 is 5.97 Å². The molecule has 6 nitrogen and oxygen atoms in total. The Morgan fingerprint density at radius 3 is 2.95 bits per heavy atom. The number of carboxylic acids is 1. The van der Waals surface area contributed by atoms with Crippen LogP contribution in [0.2, 0.25) is 0 Å². The molecule has 0 radical (unpaired) electrons. The lowest BCUT2D eigenvalue weighted by molar-refractivity contribution is 0.0687. The summed E-state index contributed by atoms with van der Waals surface area (Å²) in [4.78, 5) is 13.6. The van der Waals surface area contributed by atoms with Crippen LogP contribution in [0.3, 0.4) is 0 Å². The van der Waals surface area contributed by atoms with Crippen LogP contribution in [-0.2, 0) is 4.74 Å². The first-order valence-corrected chi connectivity index (χ1v) is 6.97. The Morgan fingerprint density at radius 2 is 2.19 bits per heavy atom. The number of piperidine rings is 1. The molecule has 0 saturated carbocycles. The molecule has 0 amide bonds. The van der Waals surface area contributed by atoms with Gasteiger partial charge in [0.25, 0.3) is 0 Å². The van der Waals surface area contributed by atoms with Gasteiger partial charge in [0.15, 0.2) is 5.69 Å². The second-order valence-electron chi connectivity index (χ2n) is 5.17. The third kappa shape index (κ3) is 2.54. The Labute approximate surface area is 122 Å². The number of rotatable bonds is 3. The molecule has 1 aromatic carbocycles. The van der Waals surface area contributed by atoms with Gasteiger partial charge in [-0.05, 0) is 18.9 Å². The van der Waals surface area contributed by atoms with Gasteiger partial charge in [-0.15, -0.1) is 10.2 Å². The van der Waals surface area contributed by atoms with Crippen LogP contribution in [0.15, 0.2) is 24.3 Å². The van der Waals surface area contributed by atoms with Crippen molar-refractivity contribution in [3.8, 4) is 0 Å². The van der Waals surface area contributed by atoms with Gasteiger partial charge in [0.1, 0.15) is 0 Å². The first kappa shape index (κ1) is 13.8. The summed E-state index contributed by atoms with van der Waals surface area (Å²) in [5, 5.41) is 18.1. The van der Waals surface area contributed by atoms with Crippen LogP contribution >= 0.6 is 0 Å². The molecular formula is C15H17N3O3. The third-order valence-electron chi connectivity index (χ3n) is 3.87. The molecule has 1 saturated heterocycles. The molecule has 1 aliphatic rings. The largest absolute Gasteiger partial charge is 0.476 e. The van der Waals surface area contributed by atoms with E-state index in [2.05, 4.69) is 15.1 Å². The number of hydrogen-bond acceptors (Lipinski definition) is 5. The van der Waals surface area contributed by atoms with E-state index in [1.54, 1.807) is 7.11 Å². The molecule has 6 heteroatoms. The number of hydrogen-bond donors (Lipinski definition) is 1. The molecular weight excluding hydrogens is 270 g/mol. The van der Waals surface area contributed by atoms with Gasteiger partial charge in [-0.3, -0.25) is 0 Å². The summed E-state index contributed by atoms with van der Waals surface area (Å²) in [7, 11) is 1.69. The van der Waals surface area contributed by atoms with Gasteiger partial charge in [-0.1, -0.05) is 18.2 Å². The van der Waals surface area contributed by atoms with Crippen molar-refractivity contribution >= 4 is 22.6 Å². The molecule has 2 heterocycles. The summed E-state index contributed by atoms with van der Waals surface area (Å²) in [6.45, 7) is 1.47. The summed E-state index contributed by atoms with van der Waals surface area (Å²) in [6, 6.07) is 7.49. The average molecular weight is 287 g/mol. The van der Waals surface area contributed by atoms with Crippen molar-refractivity contribution in [1.29, 1.82) is 0 Å².